The lowest BCUT2D eigenvalue weighted by atomic mass is 10.1. The van der Waals surface area contributed by atoms with Crippen molar-refractivity contribution in [3.8, 4) is 11.4 Å². The number of ether oxygens (including phenoxy) is 1. The molecule has 21 heavy (non-hydrogen) atoms. The molecule has 3 heterocycles. The fraction of sp³-hybridized carbons (Fsp3) is 0.471. The first kappa shape index (κ1) is 13.0. The molecule has 1 fully saturated rings. The van der Waals surface area contributed by atoms with Crippen LogP contribution in [-0.2, 0) is 17.7 Å². The van der Waals surface area contributed by atoms with Crippen LogP contribution in [0.2, 0.25) is 0 Å². The molecule has 0 unspecified atom stereocenters. The van der Waals surface area contributed by atoms with Gasteiger partial charge in [0.15, 0.2) is 0 Å². The largest absolute Gasteiger partial charge is 0.381 e. The van der Waals surface area contributed by atoms with Crippen molar-refractivity contribution >= 4 is 0 Å². The van der Waals surface area contributed by atoms with Crippen LogP contribution in [0.3, 0.4) is 0 Å². The van der Waals surface area contributed by atoms with Crippen LogP contribution in [0, 0.1) is 5.92 Å². The number of rotatable bonds is 3. The van der Waals surface area contributed by atoms with E-state index >= 15 is 0 Å². The second kappa shape index (κ2) is 5.62. The molecule has 4 nitrogen and oxygen atoms in total. The minimum absolute atomic E-state index is 0.711. The molecule has 1 aromatic carbocycles. The van der Waals surface area contributed by atoms with Gasteiger partial charge in [0, 0.05) is 38.2 Å². The summed E-state index contributed by atoms with van der Waals surface area (Å²) < 4.78 is 5.48. The zero-order valence-electron chi connectivity index (χ0n) is 12.2. The Kier molecular flexibility index (Phi) is 3.49. The summed E-state index contributed by atoms with van der Waals surface area (Å²) in [6.45, 7) is 5.13. The summed E-state index contributed by atoms with van der Waals surface area (Å²) in [5.41, 5.74) is 3.70. The molecule has 2 aliphatic rings. The van der Waals surface area contributed by atoms with Crippen molar-refractivity contribution in [2.45, 2.75) is 19.4 Å². The fourth-order valence-corrected chi connectivity index (χ4v) is 3.33. The number of H-pyrrole nitrogens is 1. The third kappa shape index (κ3) is 2.74. The van der Waals surface area contributed by atoms with Gasteiger partial charge in [0.25, 0.3) is 0 Å². The third-order valence-corrected chi connectivity index (χ3v) is 4.50. The standard InChI is InChI=1S/C17H21N3O/c1-2-4-14(5-3-1)17-18-15-6-8-20(11-16(15)19-17)10-13-7-9-21-12-13/h1-5,13H,6-12H2,(H,18,19)/t13-/m1/s1. The lowest BCUT2D eigenvalue weighted by Crippen LogP contribution is -2.34. The maximum Gasteiger partial charge on any atom is 0.137 e. The van der Waals surface area contributed by atoms with Gasteiger partial charge < -0.3 is 9.72 Å². The first-order chi connectivity index (χ1) is 10.4. The highest BCUT2D eigenvalue weighted by molar-refractivity contribution is 5.55. The number of fused-ring (bicyclic) bond motifs is 1. The van der Waals surface area contributed by atoms with Gasteiger partial charge in [-0.1, -0.05) is 30.3 Å². The normalized spacial score (nSPS) is 22.4. The fourth-order valence-electron chi connectivity index (χ4n) is 3.33. The second-order valence-electron chi connectivity index (χ2n) is 6.09. The second-order valence-corrected chi connectivity index (χ2v) is 6.09. The van der Waals surface area contributed by atoms with Crippen LogP contribution in [0.5, 0.6) is 0 Å². The van der Waals surface area contributed by atoms with Crippen molar-refractivity contribution in [1.29, 1.82) is 0 Å². The first-order valence-corrected chi connectivity index (χ1v) is 7.82. The summed E-state index contributed by atoms with van der Waals surface area (Å²) >= 11 is 0. The van der Waals surface area contributed by atoms with E-state index in [1.165, 1.54) is 23.4 Å². The Balaban J connectivity index is 1.49. The van der Waals surface area contributed by atoms with Gasteiger partial charge in [-0.05, 0) is 12.3 Å². The van der Waals surface area contributed by atoms with Gasteiger partial charge in [-0.2, -0.15) is 0 Å². The average molecular weight is 283 g/mol. The van der Waals surface area contributed by atoms with Crippen molar-refractivity contribution in [1.82, 2.24) is 14.9 Å². The van der Waals surface area contributed by atoms with Crippen LogP contribution in [0.1, 0.15) is 17.8 Å². The number of aromatic amines is 1. The number of nitrogens with zero attached hydrogens (tertiary/aromatic N) is 2. The molecule has 0 bridgehead atoms. The Bertz CT molecular complexity index is 602. The van der Waals surface area contributed by atoms with Gasteiger partial charge in [0.1, 0.15) is 5.82 Å². The van der Waals surface area contributed by atoms with Crippen molar-refractivity contribution in [2.75, 3.05) is 26.3 Å². The molecule has 110 valence electrons. The number of hydrogen-bond donors (Lipinski definition) is 1. The van der Waals surface area contributed by atoms with Gasteiger partial charge in [-0.15, -0.1) is 0 Å². The summed E-state index contributed by atoms with van der Waals surface area (Å²) in [5, 5.41) is 0. The molecule has 0 aliphatic carbocycles. The van der Waals surface area contributed by atoms with E-state index in [2.05, 4.69) is 34.1 Å². The molecule has 0 radical (unpaired) electrons. The monoisotopic (exact) mass is 283 g/mol. The Hall–Kier alpha value is -1.65. The zero-order chi connectivity index (χ0) is 14.1. The average Bonchev–Trinajstić information content (AvgIpc) is 3.17. The van der Waals surface area contributed by atoms with Crippen LogP contribution in [-0.4, -0.2) is 41.2 Å². The van der Waals surface area contributed by atoms with E-state index in [9.17, 15) is 0 Å². The van der Waals surface area contributed by atoms with E-state index < -0.39 is 0 Å². The van der Waals surface area contributed by atoms with Crippen LogP contribution in [0.4, 0.5) is 0 Å². The van der Waals surface area contributed by atoms with Gasteiger partial charge in [0.2, 0.25) is 0 Å². The predicted molar refractivity (Wildman–Crippen MR) is 81.9 cm³/mol. The number of benzene rings is 1. The van der Waals surface area contributed by atoms with Crippen molar-refractivity contribution in [2.24, 2.45) is 5.92 Å². The van der Waals surface area contributed by atoms with Crippen molar-refractivity contribution in [3.63, 3.8) is 0 Å². The maximum absolute atomic E-state index is 5.48. The predicted octanol–water partition coefficient (Wildman–Crippen LogP) is 2.47. The van der Waals surface area contributed by atoms with E-state index in [4.69, 9.17) is 9.72 Å². The lowest BCUT2D eigenvalue weighted by molar-refractivity contribution is 0.161. The van der Waals surface area contributed by atoms with Gasteiger partial charge >= 0.3 is 0 Å². The first-order valence-electron chi connectivity index (χ1n) is 7.82. The minimum atomic E-state index is 0.711. The van der Waals surface area contributed by atoms with Crippen LogP contribution in [0.25, 0.3) is 11.4 Å². The Morgan fingerprint density at radius 2 is 2.19 bits per heavy atom. The van der Waals surface area contributed by atoms with Crippen LogP contribution in [0.15, 0.2) is 30.3 Å². The molecule has 2 aromatic rings. The molecule has 0 spiro atoms. The van der Waals surface area contributed by atoms with Gasteiger partial charge in [-0.3, -0.25) is 4.90 Å². The smallest absolute Gasteiger partial charge is 0.137 e. The van der Waals surface area contributed by atoms with Crippen molar-refractivity contribution < 1.29 is 4.74 Å². The van der Waals surface area contributed by atoms with E-state index in [1.54, 1.807) is 0 Å². The number of hydrogen-bond acceptors (Lipinski definition) is 3. The molecule has 1 atom stereocenters. The minimum Gasteiger partial charge on any atom is -0.381 e. The number of imidazole rings is 1. The highest BCUT2D eigenvalue weighted by atomic mass is 16.5. The van der Waals surface area contributed by atoms with Crippen LogP contribution >= 0.6 is 0 Å². The Labute approximate surface area is 125 Å². The molecule has 1 saturated heterocycles. The number of nitrogens with one attached hydrogen (secondary N) is 1. The van der Waals surface area contributed by atoms with Crippen LogP contribution < -0.4 is 0 Å². The third-order valence-electron chi connectivity index (χ3n) is 4.50. The highest BCUT2D eigenvalue weighted by Gasteiger charge is 2.24. The molecule has 0 saturated carbocycles. The summed E-state index contributed by atoms with van der Waals surface area (Å²) in [6.07, 6.45) is 2.26. The maximum atomic E-state index is 5.48. The molecule has 4 heteroatoms. The zero-order valence-corrected chi connectivity index (χ0v) is 12.2. The lowest BCUT2D eigenvalue weighted by Gasteiger charge is -2.27. The molecule has 1 N–H and O–H groups in total. The molecular weight excluding hydrogens is 262 g/mol. The summed E-state index contributed by atoms with van der Waals surface area (Å²) in [4.78, 5) is 10.8. The summed E-state index contributed by atoms with van der Waals surface area (Å²) in [6, 6.07) is 10.4. The SMILES string of the molecule is c1ccc(-c2nc3c([nH]2)CN(C[C@H]2CCOC2)CC3)cc1. The topological polar surface area (TPSA) is 41.2 Å². The van der Waals surface area contributed by atoms with E-state index in [0.717, 1.165) is 45.1 Å². The Morgan fingerprint density at radius 1 is 1.29 bits per heavy atom. The summed E-state index contributed by atoms with van der Waals surface area (Å²) in [7, 11) is 0. The Morgan fingerprint density at radius 3 is 3.00 bits per heavy atom. The van der Waals surface area contributed by atoms with E-state index in [0.29, 0.717) is 5.92 Å². The van der Waals surface area contributed by atoms with E-state index in [1.807, 2.05) is 6.07 Å². The quantitative estimate of drug-likeness (QED) is 0.941. The van der Waals surface area contributed by atoms with Gasteiger partial charge in [-0.25, -0.2) is 4.98 Å². The highest BCUT2D eigenvalue weighted by Crippen LogP contribution is 2.24. The van der Waals surface area contributed by atoms with E-state index in [-0.39, 0.29) is 0 Å². The number of aromatic nitrogens is 2. The molecule has 0 amide bonds. The van der Waals surface area contributed by atoms with Crippen molar-refractivity contribution in [3.05, 3.63) is 41.7 Å². The molecule has 4 rings (SSSR count). The molecule has 2 aliphatic heterocycles. The summed E-state index contributed by atoms with van der Waals surface area (Å²) in [5.74, 6) is 1.72. The molecule has 1 aromatic heterocycles. The molecular formula is C17H21N3O. The van der Waals surface area contributed by atoms with Gasteiger partial charge in [0.05, 0.1) is 18.0 Å².